The van der Waals surface area contributed by atoms with Crippen LogP contribution in [0.4, 0.5) is 10.1 Å². The molecule has 4 nitrogen and oxygen atoms in total. The van der Waals surface area contributed by atoms with E-state index in [1.807, 2.05) is 0 Å². The number of anilines is 1. The number of amides is 2. The average Bonchev–Trinajstić information content (AvgIpc) is 3.36. The number of hydrogen-bond acceptors (Lipinski definition) is 2. The van der Waals surface area contributed by atoms with Crippen LogP contribution in [-0.4, -0.2) is 16.1 Å². The Morgan fingerprint density at radius 1 is 0.917 bits per heavy atom. The fourth-order valence-corrected chi connectivity index (χ4v) is 5.68. The van der Waals surface area contributed by atoms with E-state index in [1.54, 1.807) is 50.2 Å². The van der Waals surface area contributed by atoms with Gasteiger partial charge in [0.2, 0.25) is 5.91 Å². The van der Waals surface area contributed by atoms with E-state index >= 15 is 0 Å². The molecule has 3 aromatic rings. The molecule has 0 aromatic heterocycles. The van der Waals surface area contributed by atoms with Crippen LogP contribution in [0, 0.1) is 11.7 Å². The Bertz CT molecular complexity index is 1320. The highest BCUT2D eigenvalue weighted by Gasteiger charge is 2.67. The molecule has 1 fully saturated rings. The van der Waals surface area contributed by atoms with Gasteiger partial charge in [-0.25, -0.2) is 4.39 Å². The van der Waals surface area contributed by atoms with Gasteiger partial charge in [0.05, 0.1) is 22.0 Å². The van der Waals surface area contributed by atoms with Crippen LogP contribution in [0.15, 0.2) is 60.7 Å². The molecule has 0 aliphatic heterocycles. The number of halogens is 6. The summed E-state index contributed by atoms with van der Waals surface area (Å²) in [5.74, 6) is -2.54. The van der Waals surface area contributed by atoms with Crippen LogP contribution in [0.3, 0.4) is 0 Å². The lowest BCUT2D eigenvalue weighted by molar-refractivity contribution is -0.117. The van der Waals surface area contributed by atoms with Gasteiger partial charge in [0, 0.05) is 21.7 Å². The molecule has 188 valence electrons. The first-order valence-electron chi connectivity index (χ1n) is 10.8. The van der Waals surface area contributed by atoms with Crippen molar-refractivity contribution in [1.29, 1.82) is 0 Å². The van der Waals surface area contributed by atoms with E-state index < -0.39 is 33.5 Å². The Balaban J connectivity index is 1.51. The highest BCUT2D eigenvalue weighted by molar-refractivity contribution is 6.53. The predicted molar refractivity (Wildman–Crippen MR) is 144 cm³/mol. The first kappa shape index (κ1) is 27.0. The number of alkyl halides is 2. The maximum atomic E-state index is 13.3. The molecular formula is C26H20Cl5FN2O2. The lowest BCUT2D eigenvalue weighted by Crippen LogP contribution is -2.41. The van der Waals surface area contributed by atoms with Gasteiger partial charge < -0.3 is 10.6 Å². The Morgan fingerprint density at radius 2 is 1.53 bits per heavy atom. The Morgan fingerprint density at radius 3 is 2.14 bits per heavy atom. The summed E-state index contributed by atoms with van der Waals surface area (Å²) in [6.07, 6.45) is 0. The smallest absolute Gasteiger partial charge is 0.253 e. The summed E-state index contributed by atoms with van der Waals surface area (Å²) >= 11 is 31.3. The zero-order chi connectivity index (χ0) is 26.4. The van der Waals surface area contributed by atoms with Crippen LogP contribution in [0.25, 0.3) is 0 Å². The van der Waals surface area contributed by atoms with Crippen LogP contribution in [-0.2, 0) is 10.3 Å². The highest BCUT2D eigenvalue weighted by atomic mass is 35.5. The minimum Gasteiger partial charge on any atom is -0.343 e. The summed E-state index contributed by atoms with van der Waals surface area (Å²) < 4.78 is 12.0. The maximum absolute atomic E-state index is 13.3. The van der Waals surface area contributed by atoms with Gasteiger partial charge in [0.15, 0.2) is 0 Å². The molecule has 0 unspecified atom stereocenters. The summed E-state index contributed by atoms with van der Waals surface area (Å²) in [6.45, 7) is 3.57. The summed E-state index contributed by atoms with van der Waals surface area (Å²) in [4.78, 5) is 26.1. The van der Waals surface area contributed by atoms with Gasteiger partial charge in [-0.15, -0.1) is 23.2 Å². The van der Waals surface area contributed by atoms with Gasteiger partial charge in [0.25, 0.3) is 5.91 Å². The Kier molecular flexibility index (Phi) is 7.53. The van der Waals surface area contributed by atoms with Crippen molar-refractivity contribution in [2.75, 3.05) is 5.32 Å². The van der Waals surface area contributed by atoms with Crippen molar-refractivity contribution in [2.24, 2.45) is 5.92 Å². The van der Waals surface area contributed by atoms with Gasteiger partial charge in [-0.2, -0.15) is 0 Å². The second-order valence-corrected chi connectivity index (χ2v) is 11.8. The van der Waals surface area contributed by atoms with Crippen molar-refractivity contribution in [2.45, 2.75) is 29.6 Å². The Hall–Kier alpha value is -2.02. The van der Waals surface area contributed by atoms with Crippen molar-refractivity contribution in [1.82, 2.24) is 5.32 Å². The molecule has 2 amide bonds. The SMILES string of the molecule is CC(C)(NC(=O)c1cc(NC(=O)[C@@H]2[C@@H](c3cc(Cl)cc(Cl)c3)C2(Cl)Cl)ccc1Cl)c1ccc(F)cc1. The zero-order valence-corrected chi connectivity index (χ0v) is 22.8. The number of nitrogens with one attached hydrogen (secondary N) is 2. The summed E-state index contributed by atoms with van der Waals surface area (Å²) in [7, 11) is 0. The molecule has 0 radical (unpaired) electrons. The minimum atomic E-state index is -1.34. The number of carbonyl (C=O) groups excluding carboxylic acids is 2. The molecule has 1 saturated carbocycles. The average molecular weight is 589 g/mol. The third-order valence-electron chi connectivity index (χ3n) is 6.05. The summed E-state index contributed by atoms with van der Waals surface area (Å²) in [5, 5.41) is 6.66. The van der Waals surface area contributed by atoms with Gasteiger partial charge >= 0.3 is 0 Å². The van der Waals surface area contributed by atoms with Crippen LogP contribution in [0.2, 0.25) is 15.1 Å². The molecule has 1 aliphatic carbocycles. The third kappa shape index (κ3) is 5.61. The first-order chi connectivity index (χ1) is 16.8. The lowest BCUT2D eigenvalue weighted by atomic mass is 9.94. The van der Waals surface area contributed by atoms with Crippen molar-refractivity contribution in [3.8, 4) is 0 Å². The molecule has 0 saturated heterocycles. The fraction of sp³-hybridized carbons (Fsp3) is 0.231. The van der Waals surface area contributed by atoms with E-state index in [-0.39, 0.29) is 16.4 Å². The van der Waals surface area contributed by atoms with E-state index in [4.69, 9.17) is 58.0 Å². The van der Waals surface area contributed by atoms with E-state index in [2.05, 4.69) is 10.6 Å². The van der Waals surface area contributed by atoms with E-state index in [9.17, 15) is 14.0 Å². The first-order valence-corrected chi connectivity index (χ1v) is 12.7. The topological polar surface area (TPSA) is 58.2 Å². The number of hydrogen-bond donors (Lipinski definition) is 2. The van der Waals surface area contributed by atoms with E-state index in [0.29, 0.717) is 26.9 Å². The van der Waals surface area contributed by atoms with Crippen molar-refractivity contribution >= 4 is 75.5 Å². The van der Waals surface area contributed by atoms with E-state index in [0.717, 1.165) is 0 Å². The van der Waals surface area contributed by atoms with E-state index in [1.165, 1.54) is 24.3 Å². The molecule has 0 heterocycles. The van der Waals surface area contributed by atoms with Gasteiger partial charge in [-0.3, -0.25) is 9.59 Å². The standard InChI is InChI=1S/C26H20Cl5FN2O2/c1-25(2,14-3-5-17(32)6-4-14)34-23(35)19-12-18(7-8-20(19)29)33-24(36)22-21(26(22,30)31)13-9-15(27)11-16(28)10-13/h3-12,21-22H,1-2H3,(H,33,36)(H,34,35)/t21-,22+/m1/s1. The lowest BCUT2D eigenvalue weighted by Gasteiger charge is -2.27. The van der Waals surface area contributed by atoms with Gasteiger partial charge in [0.1, 0.15) is 10.2 Å². The second-order valence-electron chi connectivity index (χ2n) is 9.10. The second kappa shape index (κ2) is 10.0. The highest BCUT2D eigenvalue weighted by Crippen LogP contribution is 2.65. The summed E-state index contributed by atoms with van der Waals surface area (Å²) in [5.41, 5.74) is 1.04. The maximum Gasteiger partial charge on any atom is 0.253 e. The molecule has 4 rings (SSSR count). The fourth-order valence-electron chi connectivity index (χ4n) is 4.11. The molecule has 2 N–H and O–H groups in total. The number of rotatable bonds is 6. The Labute approximate surface area is 233 Å². The largest absolute Gasteiger partial charge is 0.343 e. The van der Waals surface area contributed by atoms with Crippen LogP contribution < -0.4 is 10.6 Å². The molecule has 3 aromatic carbocycles. The summed E-state index contributed by atoms with van der Waals surface area (Å²) in [6, 6.07) is 15.3. The molecular weight excluding hydrogens is 569 g/mol. The normalized spacial score (nSPS) is 18.4. The molecule has 1 aliphatic rings. The molecule has 2 atom stereocenters. The van der Waals surface area contributed by atoms with Crippen LogP contribution in [0.5, 0.6) is 0 Å². The molecule has 10 heteroatoms. The third-order valence-corrected chi connectivity index (χ3v) is 7.76. The quantitative estimate of drug-likeness (QED) is 0.287. The van der Waals surface area contributed by atoms with Crippen LogP contribution in [0.1, 0.15) is 41.3 Å². The number of benzene rings is 3. The zero-order valence-electron chi connectivity index (χ0n) is 19.0. The van der Waals surface area contributed by atoms with Crippen LogP contribution >= 0.6 is 58.0 Å². The predicted octanol–water partition coefficient (Wildman–Crippen LogP) is 7.98. The molecule has 0 bridgehead atoms. The molecule has 0 spiro atoms. The molecule has 36 heavy (non-hydrogen) atoms. The van der Waals surface area contributed by atoms with Crippen molar-refractivity contribution in [3.63, 3.8) is 0 Å². The van der Waals surface area contributed by atoms with Crippen molar-refractivity contribution in [3.05, 3.63) is 98.2 Å². The minimum absolute atomic E-state index is 0.154. The monoisotopic (exact) mass is 586 g/mol. The number of carbonyl (C=O) groups is 2. The van der Waals surface area contributed by atoms with Gasteiger partial charge in [-0.05, 0) is 73.5 Å². The van der Waals surface area contributed by atoms with Crippen molar-refractivity contribution < 1.29 is 14.0 Å². The van der Waals surface area contributed by atoms with Gasteiger partial charge in [-0.1, -0.05) is 46.9 Å².